The second-order valence-corrected chi connectivity index (χ2v) is 6.11. The third-order valence-electron chi connectivity index (χ3n) is 3.94. The quantitative estimate of drug-likeness (QED) is 0.265. The summed E-state index contributed by atoms with van der Waals surface area (Å²) in [5, 5.41) is 0. The molecule has 5 heteroatoms. The van der Waals surface area contributed by atoms with E-state index in [0.717, 1.165) is 5.56 Å². The summed E-state index contributed by atoms with van der Waals surface area (Å²) in [6.07, 6.45) is 3.23. The third-order valence-corrected chi connectivity index (χ3v) is 3.94. The van der Waals surface area contributed by atoms with Crippen molar-refractivity contribution in [3.05, 3.63) is 102 Å². The Hall–Kier alpha value is -3.99. The fourth-order valence-electron chi connectivity index (χ4n) is 2.56. The number of hydrogen-bond donors (Lipinski definition) is 0. The van der Waals surface area contributed by atoms with Crippen molar-refractivity contribution in [2.24, 2.45) is 0 Å². The molecule has 0 N–H and O–H groups in total. The van der Waals surface area contributed by atoms with Gasteiger partial charge in [0.25, 0.3) is 0 Å². The number of carbonyl (C=O) groups is 3. The van der Waals surface area contributed by atoms with E-state index in [1.807, 2.05) is 30.3 Å². The molecule has 5 nitrogen and oxygen atoms in total. The summed E-state index contributed by atoms with van der Waals surface area (Å²) in [4.78, 5) is 35.9. The molecule has 0 saturated heterocycles. The van der Waals surface area contributed by atoms with Crippen LogP contribution >= 0.6 is 0 Å². The van der Waals surface area contributed by atoms with Crippen molar-refractivity contribution in [1.82, 2.24) is 0 Å². The van der Waals surface area contributed by atoms with Gasteiger partial charge in [-0.2, -0.15) is 0 Å². The van der Waals surface area contributed by atoms with Crippen molar-refractivity contribution in [2.45, 2.75) is 6.92 Å². The standard InChI is InChI=1S/C24H18O5/c1-17(25)28-23-10-6-5-9-21(23)24(27)29-20-14-12-19(13-15-20)22(26)16-11-18-7-3-2-4-8-18/h2-16H,1H3/b16-11+. The average molecular weight is 386 g/mol. The molecule has 144 valence electrons. The van der Waals surface area contributed by atoms with Gasteiger partial charge in [0.2, 0.25) is 0 Å². The predicted octanol–water partition coefficient (Wildman–Crippen LogP) is 4.73. The predicted molar refractivity (Wildman–Crippen MR) is 109 cm³/mol. The lowest BCUT2D eigenvalue weighted by Crippen LogP contribution is -2.12. The number of para-hydroxylation sites is 1. The van der Waals surface area contributed by atoms with E-state index in [1.165, 1.54) is 37.3 Å². The van der Waals surface area contributed by atoms with Crippen molar-refractivity contribution in [1.29, 1.82) is 0 Å². The van der Waals surface area contributed by atoms with E-state index in [-0.39, 0.29) is 22.8 Å². The first-order chi connectivity index (χ1) is 14.0. The Morgan fingerprint density at radius 1 is 0.759 bits per heavy atom. The molecule has 0 atom stereocenters. The van der Waals surface area contributed by atoms with E-state index in [1.54, 1.807) is 30.3 Å². The van der Waals surface area contributed by atoms with Gasteiger partial charge in [-0.15, -0.1) is 0 Å². The van der Waals surface area contributed by atoms with Crippen LogP contribution in [0.3, 0.4) is 0 Å². The number of ether oxygens (including phenoxy) is 2. The van der Waals surface area contributed by atoms with Crippen LogP contribution < -0.4 is 9.47 Å². The molecular formula is C24H18O5. The van der Waals surface area contributed by atoms with Crippen LogP contribution in [0.2, 0.25) is 0 Å². The summed E-state index contributed by atoms with van der Waals surface area (Å²) >= 11 is 0. The molecule has 0 spiro atoms. The summed E-state index contributed by atoms with van der Waals surface area (Å²) < 4.78 is 10.4. The van der Waals surface area contributed by atoms with E-state index < -0.39 is 11.9 Å². The van der Waals surface area contributed by atoms with E-state index >= 15 is 0 Å². The number of ketones is 1. The summed E-state index contributed by atoms with van der Waals surface area (Å²) in [7, 11) is 0. The number of hydrogen-bond acceptors (Lipinski definition) is 5. The number of benzene rings is 3. The lowest BCUT2D eigenvalue weighted by molar-refractivity contribution is -0.131. The molecule has 3 aromatic rings. The molecule has 0 amide bonds. The Balaban J connectivity index is 1.68. The zero-order chi connectivity index (χ0) is 20.6. The van der Waals surface area contributed by atoms with Gasteiger partial charge >= 0.3 is 11.9 Å². The minimum atomic E-state index is -0.662. The maximum Gasteiger partial charge on any atom is 0.347 e. The van der Waals surface area contributed by atoms with Crippen LogP contribution in [0.25, 0.3) is 6.08 Å². The maximum atomic E-state index is 12.4. The molecule has 3 rings (SSSR count). The number of rotatable bonds is 6. The first-order valence-corrected chi connectivity index (χ1v) is 8.90. The lowest BCUT2D eigenvalue weighted by atomic mass is 10.1. The van der Waals surface area contributed by atoms with Crippen LogP contribution in [0.4, 0.5) is 0 Å². The smallest absolute Gasteiger partial charge is 0.347 e. The zero-order valence-corrected chi connectivity index (χ0v) is 15.7. The average Bonchev–Trinajstić information content (AvgIpc) is 2.73. The van der Waals surface area contributed by atoms with Gasteiger partial charge in [-0.3, -0.25) is 9.59 Å². The highest BCUT2D eigenvalue weighted by Crippen LogP contribution is 2.21. The Morgan fingerprint density at radius 2 is 1.41 bits per heavy atom. The highest BCUT2D eigenvalue weighted by molar-refractivity contribution is 6.06. The Kier molecular flexibility index (Phi) is 6.32. The van der Waals surface area contributed by atoms with Gasteiger partial charge in [0.05, 0.1) is 0 Å². The summed E-state index contributed by atoms with van der Waals surface area (Å²) in [6, 6.07) is 22.1. The second kappa shape index (κ2) is 9.28. The van der Waals surface area contributed by atoms with Gasteiger partial charge in [-0.05, 0) is 48.0 Å². The topological polar surface area (TPSA) is 69.7 Å². The fourth-order valence-corrected chi connectivity index (χ4v) is 2.56. The Bertz CT molecular complexity index is 1050. The Labute approximate surface area is 168 Å². The summed E-state index contributed by atoms with van der Waals surface area (Å²) in [5.74, 6) is -0.951. The van der Waals surface area contributed by atoms with Gasteiger partial charge in [0, 0.05) is 12.5 Å². The molecule has 0 unspecified atom stereocenters. The van der Waals surface area contributed by atoms with E-state index in [2.05, 4.69) is 0 Å². The number of carbonyl (C=O) groups excluding carboxylic acids is 3. The second-order valence-electron chi connectivity index (χ2n) is 6.11. The SMILES string of the molecule is CC(=O)Oc1ccccc1C(=O)Oc1ccc(C(=O)/C=C/c2ccccc2)cc1. The van der Waals surface area contributed by atoms with Gasteiger partial charge in [0.1, 0.15) is 17.1 Å². The molecule has 0 aromatic heterocycles. The van der Waals surface area contributed by atoms with Crippen molar-refractivity contribution >= 4 is 23.8 Å². The van der Waals surface area contributed by atoms with Crippen LogP contribution in [-0.4, -0.2) is 17.7 Å². The van der Waals surface area contributed by atoms with Crippen LogP contribution in [0.15, 0.2) is 84.9 Å². The van der Waals surface area contributed by atoms with Crippen LogP contribution in [0.1, 0.15) is 33.2 Å². The third kappa shape index (κ3) is 5.49. The molecule has 0 radical (unpaired) electrons. The molecule has 0 bridgehead atoms. The van der Waals surface area contributed by atoms with Crippen LogP contribution in [0, 0.1) is 0 Å². The maximum absolute atomic E-state index is 12.4. The largest absolute Gasteiger partial charge is 0.426 e. The first-order valence-electron chi connectivity index (χ1n) is 8.90. The van der Waals surface area contributed by atoms with Gasteiger partial charge in [0.15, 0.2) is 5.78 Å². The summed E-state index contributed by atoms with van der Waals surface area (Å²) in [6.45, 7) is 1.25. The molecule has 0 aliphatic heterocycles. The minimum Gasteiger partial charge on any atom is -0.426 e. The molecular weight excluding hydrogens is 368 g/mol. The van der Waals surface area contributed by atoms with Crippen molar-refractivity contribution in [3.8, 4) is 11.5 Å². The highest BCUT2D eigenvalue weighted by atomic mass is 16.5. The molecule has 29 heavy (non-hydrogen) atoms. The molecule has 0 fully saturated rings. The summed E-state index contributed by atoms with van der Waals surface area (Å²) in [5.41, 5.74) is 1.53. The first kappa shape index (κ1) is 19.8. The van der Waals surface area contributed by atoms with E-state index in [9.17, 15) is 14.4 Å². The highest BCUT2D eigenvalue weighted by Gasteiger charge is 2.16. The monoisotopic (exact) mass is 386 g/mol. The van der Waals surface area contributed by atoms with Gasteiger partial charge < -0.3 is 9.47 Å². The fraction of sp³-hybridized carbons (Fsp3) is 0.0417. The van der Waals surface area contributed by atoms with E-state index in [0.29, 0.717) is 5.56 Å². The van der Waals surface area contributed by atoms with E-state index in [4.69, 9.17) is 9.47 Å². The molecule has 0 saturated carbocycles. The molecule has 0 heterocycles. The molecule has 0 aliphatic carbocycles. The minimum absolute atomic E-state index is 0.128. The number of esters is 2. The molecule has 3 aromatic carbocycles. The van der Waals surface area contributed by atoms with Gasteiger partial charge in [-0.25, -0.2) is 4.79 Å². The Morgan fingerprint density at radius 3 is 2.10 bits per heavy atom. The molecule has 0 aliphatic rings. The van der Waals surface area contributed by atoms with Crippen LogP contribution in [0.5, 0.6) is 11.5 Å². The lowest BCUT2D eigenvalue weighted by Gasteiger charge is -2.09. The van der Waals surface area contributed by atoms with Crippen molar-refractivity contribution < 1.29 is 23.9 Å². The normalized spacial score (nSPS) is 10.5. The zero-order valence-electron chi connectivity index (χ0n) is 15.7. The van der Waals surface area contributed by atoms with Crippen molar-refractivity contribution in [3.63, 3.8) is 0 Å². The number of allylic oxidation sites excluding steroid dienone is 1. The van der Waals surface area contributed by atoms with Crippen LogP contribution in [-0.2, 0) is 4.79 Å². The van der Waals surface area contributed by atoms with Crippen molar-refractivity contribution in [2.75, 3.05) is 0 Å². The van der Waals surface area contributed by atoms with Gasteiger partial charge in [-0.1, -0.05) is 48.5 Å².